The number of halogens is 4. The second-order valence-electron chi connectivity index (χ2n) is 17.1. The summed E-state index contributed by atoms with van der Waals surface area (Å²) in [7, 11) is -1.04. The highest BCUT2D eigenvalue weighted by atomic mass is 32.2. The highest BCUT2D eigenvalue weighted by Crippen LogP contribution is 2.56. The molecule has 0 amide bonds. The van der Waals surface area contributed by atoms with Crippen LogP contribution in [0.1, 0.15) is 87.2 Å². The maximum Gasteiger partial charge on any atom is 0.305 e. The van der Waals surface area contributed by atoms with Gasteiger partial charge in [0.05, 0.1) is 14.2 Å². The molecule has 0 N–H and O–H groups in total. The number of hydrogen-bond acceptors (Lipinski definition) is 13. The normalized spacial score (nSPS) is 30.2. The van der Waals surface area contributed by atoms with Crippen LogP contribution in [0.2, 0.25) is 0 Å². The second kappa shape index (κ2) is 14.8. The Morgan fingerprint density at radius 2 is 1.19 bits per heavy atom. The number of hydrogen-bond donors (Lipinski definition) is 0. The molecule has 2 aromatic heterocycles. The van der Waals surface area contributed by atoms with Gasteiger partial charge in [-0.15, -0.1) is 0 Å². The van der Waals surface area contributed by atoms with Crippen LogP contribution in [0.15, 0.2) is 5.16 Å². The number of rotatable bonds is 8. The lowest BCUT2D eigenvalue weighted by atomic mass is 9.92. The SMILES string of the molecule is COC(=O)CC1[C@H]2CN(c3nc(N4CCCC[C@@H]4C)nc4c3CCCC4(F)F)C[C@@H]12.COC(=O)CC1[C@H]2CN(c3nc(S(C)(=O)=O)nc4c3CCCC4(F)F)C[C@@H]12. The molecule has 4 aliphatic carbocycles. The fourth-order valence-corrected chi connectivity index (χ4v) is 10.7. The molecule has 9 rings (SSSR count). The number of fused-ring (bicyclic) bond motifs is 4. The Labute approximate surface area is 330 Å². The first-order valence-electron chi connectivity index (χ1n) is 20.2. The van der Waals surface area contributed by atoms with Crippen LogP contribution in [0.5, 0.6) is 0 Å². The van der Waals surface area contributed by atoms with Crippen molar-refractivity contribution in [3.8, 4) is 0 Å². The second-order valence-corrected chi connectivity index (χ2v) is 19.0. The van der Waals surface area contributed by atoms with Gasteiger partial charge in [0.15, 0.2) is 0 Å². The van der Waals surface area contributed by atoms with Crippen molar-refractivity contribution in [2.24, 2.45) is 35.5 Å². The number of carbonyl (C=O) groups is 2. The molecule has 3 aliphatic heterocycles. The van der Waals surface area contributed by atoms with Crippen LogP contribution in [0.3, 0.4) is 0 Å². The van der Waals surface area contributed by atoms with E-state index < -0.39 is 32.5 Å². The number of carbonyl (C=O) groups excluding carboxylic acids is 2. The van der Waals surface area contributed by atoms with E-state index in [1.165, 1.54) is 14.2 Å². The summed E-state index contributed by atoms with van der Waals surface area (Å²) < 4.78 is 91.9. The minimum absolute atomic E-state index is 0.0572. The van der Waals surface area contributed by atoms with Crippen molar-refractivity contribution in [3.63, 3.8) is 0 Å². The van der Waals surface area contributed by atoms with Crippen molar-refractivity contribution < 1.29 is 45.0 Å². The van der Waals surface area contributed by atoms with Gasteiger partial charge in [0.1, 0.15) is 23.0 Å². The highest BCUT2D eigenvalue weighted by molar-refractivity contribution is 7.90. The van der Waals surface area contributed by atoms with Gasteiger partial charge < -0.3 is 24.2 Å². The molecule has 18 heteroatoms. The number of anilines is 3. The standard InChI is InChI=1S/C22H30F2N4O2.C17H21F2N3O4S/c1-13-6-3-4-9-28(13)21-25-19-14(7-5-8-22(19,23)24)20(26-21)27-11-16-15(17(16)12-27)10-18(29)30-2;1-26-13(23)6-10-11-7-22(8-12(10)11)15-9-4-3-5-17(18,19)14(9)20-16(21-15)27(2,24)25/h13,15-17H,3-12H2,1-2H3;10-12H,3-8H2,1-2H3/t13-,15?,16-,17+;10?,11-,12+/m0./s1. The lowest BCUT2D eigenvalue weighted by molar-refractivity contribution is -0.142. The van der Waals surface area contributed by atoms with Crippen LogP contribution in [0.4, 0.5) is 35.1 Å². The van der Waals surface area contributed by atoms with Gasteiger partial charge in [-0.25, -0.2) is 23.4 Å². The number of sulfone groups is 1. The predicted octanol–water partition coefficient (Wildman–Crippen LogP) is 5.08. The molecule has 7 aliphatic rings. The number of methoxy groups -OCH3 is 2. The third-order valence-electron chi connectivity index (χ3n) is 13.5. The first-order chi connectivity index (χ1) is 27.0. The number of alkyl halides is 4. The fraction of sp³-hybridized carbons (Fsp3) is 0.744. The van der Waals surface area contributed by atoms with E-state index in [1.54, 1.807) is 0 Å². The van der Waals surface area contributed by atoms with E-state index in [0.717, 1.165) is 45.2 Å². The van der Waals surface area contributed by atoms with Crippen molar-refractivity contribution in [1.82, 2.24) is 19.9 Å². The zero-order valence-corrected chi connectivity index (χ0v) is 33.7. The maximum absolute atomic E-state index is 14.9. The summed E-state index contributed by atoms with van der Waals surface area (Å²) in [6, 6.07) is 0.262. The average molecular weight is 822 g/mol. The molecular weight excluding hydrogens is 771 g/mol. The molecule has 7 atom stereocenters. The van der Waals surface area contributed by atoms with Gasteiger partial charge in [-0.05, 0) is 87.4 Å². The smallest absolute Gasteiger partial charge is 0.305 e. The van der Waals surface area contributed by atoms with E-state index in [1.807, 2.05) is 4.90 Å². The van der Waals surface area contributed by atoms with Crippen LogP contribution < -0.4 is 14.7 Å². The molecule has 2 saturated carbocycles. The summed E-state index contributed by atoms with van der Waals surface area (Å²) in [5.41, 5.74) is 0.471. The lowest BCUT2D eigenvalue weighted by Gasteiger charge is -2.36. The Hall–Kier alpha value is -3.83. The predicted molar refractivity (Wildman–Crippen MR) is 200 cm³/mol. The average Bonchev–Trinajstić information content (AvgIpc) is 3.78. The molecular formula is C39H51F4N7O6S. The highest BCUT2D eigenvalue weighted by Gasteiger charge is 2.58. The fourth-order valence-electron chi connectivity index (χ4n) is 10.2. The van der Waals surface area contributed by atoms with E-state index >= 15 is 0 Å². The molecule has 13 nitrogen and oxygen atoms in total. The van der Waals surface area contributed by atoms with Gasteiger partial charge in [0, 0.05) is 81.8 Å². The van der Waals surface area contributed by atoms with Crippen molar-refractivity contribution in [3.05, 3.63) is 22.5 Å². The van der Waals surface area contributed by atoms with Gasteiger partial charge in [0.25, 0.3) is 11.8 Å². The van der Waals surface area contributed by atoms with E-state index in [2.05, 4.69) is 31.7 Å². The summed E-state index contributed by atoms with van der Waals surface area (Å²) in [5.74, 6) is -2.98. The Morgan fingerprint density at radius 3 is 1.65 bits per heavy atom. The van der Waals surface area contributed by atoms with E-state index in [4.69, 9.17) is 14.5 Å². The topological polar surface area (TPSA) is 148 Å². The summed E-state index contributed by atoms with van der Waals surface area (Å²) in [6.45, 7) is 5.64. The molecule has 3 saturated heterocycles. The number of ether oxygens (including phenoxy) is 2. The van der Waals surface area contributed by atoms with Crippen LogP contribution in [0.25, 0.3) is 0 Å². The first kappa shape index (κ1) is 40.0. The molecule has 0 radical (unpaired) electrons. The van der Waals surface area contributed by atoms with Crippen LogP contribution in [0, 0.1) is 35.5 Å². The van der Waals surface area contributed by atoms with Crippen molar-refractivity contribution in [2.75, 3.05) is 67.9 Å². The summed E-state index contributed by atoms with van der Waals surface area (Å²) in [4.78, 5) is 46.4. The number of esters is 2. The Kier molecular flexibility index (Phi) is 10.4. The van der Waals surface area contributed by atoms with Crippen LogP contribution in [-0.2, 0) is 53.6 Å². The van der Waals surface area contributed by atoms with Gasteiger partial charge in [-0.1, -0.05) is 0 Å². The third-order valence-corrected chi connectivity index (χ3v) is 14.3. The Bertz CT molecular complexity index is 2020. The molecule has 312 valence electrons. The minimum Gasteiger partial charge on any atom is -0.469 e. The molecule has 2 unspecified atom stereocenters. The monoisotopic (exact) mass is 821 g/mol. The van der Waals surface area contributed by atoms with E-state index in [0.29, 0.717) is 98.1 Å². The quantitative estimate of drug-likeness (QED) is 0.198. The van der Waals surface area contributed by atoms with Crippen molar-refractivity contribution in [1.29, 1.82) is 0 Å². The summed E-state index contributed by atoms with van der Waals surface area (Å²) >= 11 is 0. The number of piperidine rings is 3. The molecule has 57 heavy (non-hydrogen) atoms. The Balaban J connectivity index is 0.000000161. The molecule has 0 bridgehead atoms. The van der Waals surface area contributed by atoms with Gasteiger partial charge >= 0.3 is 11.9 Å². The molecule has 5 fully saturated rings. The third kappa shape index (κ3) is 7.63. The van der Waals surface area contributed by atoms with Gasteiger partial charge in [-0.3, -0.25) is 9.59 Å². The maximum atomic E-state index is 14.9. The first-order valence-corrected chi connectivity index (χ1v) is 22.1. The Morgan fingerprint density at radius 1 is 0.719 bits per heavy atom. The van der Waals surface area contributed by atoms with Crippen molar-refractivity contribution in [2.45, 2.75) is 101 Å². The summed E-state index contributed by atoms with van der Waals surface area (Å²) in [6.07, 6.45) is 6.26. The molecule has 5 heterocycles. The number of aromatic nitrogens is 4. The van der Waals surface area contributed by atoms with E-state index in [9.17, 15) is 35.6 Å². The van der Waals surface area contributed by atoms with Gasteiger partial charge in [-0.2, -0.15) is 22.5 Å². The minimum atomic E-state index is -3.81. The number of nitrogens with zero attached hydrogens (tertiary/aromatic N) is 7. The molecule has 2 aromatic rings. The molecule has 0 spiro atoms. The van der Waals surface area contributed by atoms with Gasteiger partial charge in [0.2, 0.25) is 20.9 Å². The molecule has 0 aromatic carbocycles. The summed E-state index contributed by atoms with van der Waals surface area (Å²) in [5, 5.41) is -0.551. The lowest BCUT2D eigenvalue weighted by Crippen LogP contribution is -2.40. The van der Waals surface area contributed by atoms with E-state index in [-0.39, 0.29) is 54.3 Å². The zero-order valence-electron chi connectivity index (χ0n) is 32.9. The van der Waals surface area contributed by atoms with Crippen LogP contribution >= 0.6 is 0 Å². The largest absolute Gasteiger partial charge is 0.469 e. The van der Waals surface area contributed by atoms with Crippen molar-refractivity contribution >= 4 is 39.4 Å². The van der Waals surface area contributed by atoms with Crippen LogP contribution in [-0.4, -0.2) is 99.5 Å². The zero-order chi connectivity index (χ0) is 40.6.